The Hall–Kier alpha value is -3.52. The molecule has 1 saturated heterocycles. The second-order valence-corrected chi connectivity index (χ2v) is 9.42. The van der Waals surface area contributed by atoms with Gasteiger partial charge in [0.2, 0.25) is 11.8 Å². The number of hydrogen-bond donors (Lipinski definition) is 3. The van der Waals surface area contributed by atoms with Crippen LogP contribution in [0.15, 0.2) is 42.5 Å². The van der Waals surface area contributed by atoms with Crippen LogP contribution >= 0.6 is 11.6 Å². The van der Waals surface area contributed by atoms with E-state index in [0.717, 1.165) is 4.90 Å². The average Bonchev–Trinajstić information content (AvgIpc) is 2.88. The maximum atomic E-state index is 13.2. The molecule has 0 unspecified atom stereocenters. The summed E-state index contributed by atoms with van der Waals surface area (Å²) in [4.78, 5) is 41.0. The van der Waals surface area contributed by atoms with Crippen LogP contribution in [0.4, 0.5) is 31.1 Å². The van der Waals surface area contributed by atoms with E-state index >= 15 is 0 Å². The van der Waals surface area contributed by atoms with Crippen LogP contribution in [0, 0.1) is 0 Å². The average molecular weight is 594 g/mol. The van der Waals surface area contributed by atoms with E-state index < -0.39 is 59.5 Å². The molecule has 8 nitrogen and oxygen atoms in total. The second-order valence-electron chi connectivity index (χ2n) is 9.02. The Morgan fingerprint density at radius 3 is 2.20 bits per heavy atom. The Bertz CT molecular complexity index is 1210. The fraction of sp³-hybridized carbons (Fsp3) is 0.400. The van der Waals surface area contributed by atoms with Gasteiger partial charge in [0.05, 0.1) is 11.1 Å². The highest BCUT2D eigenvalue weighted by atomic mass is 35.5. The summed E-state index contributed by atoms with van der Waals surface area (Å²) in [5.41, 5.74) is 2.85. The van der Waals surface area contributed by atoms with E-state index in [9.17, 15) is 40.7 Å². The van der Waals surface area contributed by atoms with Crippen LogP contribution in [-0.4, -0.2) is 59.9 Å². The van der Waals surface area contributed by atoms with Gasteiger partial charge in [0.25, 0.3) is 0 Å². The summed E-state index contributed by atoms with van der Waals surface area (Å²) in [6.45, 7) is -1.05. The molecule has 0 radical (unpaired) electrons. The highest BCUT2D eigenvalue weighted by Gasteiger charge is 2.37. The Labute approximate surface area is 230 Å². The summed E-state index contributed by atoms with van der Waals surface area (Å²) in [7, 11) is 0. The van der Waals surface area contributed by atoms with Crippen LogP contribution in [0.3, 0.4) is 0 Å². The Balaban J connectivity index is 1.79. The predicted molar refractivity (Wildman–Crippen MR) is 133 cm³/mol. The summed E-state index contributed by atoms with van der Waals surface area (Å²) >= 11 is 6.23. The van der Waals surface area contributed by atoms with Gasteiger partial charge in [-0.1, -0.05) is 29.8 Å². The zero-order chi connectivity index (χ0) is 29.7. The first-order valence-corrected chi connectivity index (χ1v) is 12.4. The lowest BCUT2D eigenvalue weighted by Crippen LogP contribution is -2.55. The SMILES string of the molecule is NC[C@@H]1NC(=O)CCN(C(=O)NCc2cc(C(F)(F)F)cc(C(F)(F)F)c2)CCN(Cc2ccccc2Cl)C1=O. The number of benzene rings is 2. The summed E-state index contributed by atoms with van der Waals surface area (Å²) in [5.74, 6) is -1.09. The van der Waals surface area contributed by atoms with Gasteiger partial charge in [-0.05, 0) is 35.4 Å². The molecule has 40 heavy (non-hydrogen) atoms. The molecule has 0 saturated carbocycles. The number of hydrogen-bond acceptors (Lipinski definition) is 4. The monoisotopic (exact) mass is 593 g/mol. The van der Waals surface area contributed by atoms with Gasteiger partial charge < -0.3 is 26.2 Å². The number of nitrogens with one attached hydrogen (secondary N) is 2. The molecule has 218 valence electrons. The van der Waals surface area contributed by atoms with Gasteiger partial charge in [0.15, 0.2) is 0 Å². The third-order valence-corrected chi connectivity index (χ3v) is 6.50. The third kappa shape index (κ3) is 8.24. The van der Waals surface area contributed by atoms with Gasteiger partial charge in [-0.2, -0.15) is 26.3 Å². The van der Waals surface area contributed by atoms with E-state index in [4.69, 9.17) is 17.3 Å². The molecule has 1 aliphatic rings. The lowest BCUT2D eigenvalue weighted by Gasteiger charge is -2.32. The number of urea groups is 1. The molecule has 0 bridgehead atoms. The first kappa shape index (κ1) is 31.0. The molecule has 3 rings (SSSR count). The van der Waals surface area contributed by atoms with Crippen LogP contribution in [0.25, 0.3) is 0 Å². The standard InChI is InChI=1S/C25H26ClF6N5O3/c26-19-4-2-1-3-16(19)14-37-8-7-36(6-5-21(38)35-20(12-33)22(37)39)23(40)34-13-15-9-17(24(27,28)29)11-18(10-15)25(30,31)32/h1-4,9-11,20H,5-8,12-14,33H2,(H,34,40)(H,35,38)/t20-/m0/s1. The highest BCUT2D eigenvalue weighted by Crippen LogP contribution is 2.36. The molecular formula is C25H26ClF6N5O3. The fourth-order valence-corrected chi connectivity index (χ4v) is 4.21. The lowest BCUT2D eigenvalue weighted by molar-refractivity contribution is -0.143. The number of halogens is 7. The summed E-state index contributed by atoms with van der Waals surface area (Å²) < 4.78 is 79.0. The van der Waals surface area contributed by atoms with Gasteiger partial charge in [-0.25, -0.2) is 4.79 Å². The van der Waals surface area contributed by atoms with E-state index in [1.165, 1.54) is 4.90 Å². The van der Waals surface area contributed by atoms with E-state index in [-0.39, 0.29) is 45.2 Å². The third-order valence-electron chi connectivity index (χ3n) is 6.13. The normalized spacial score (nSPS) is 17.4. The number of nitrogens with zero attached hydrogens (tertiary/aromatic N) is 2. The molecule has 1 aliphatic heterocycles. The van der Waals surface area contributed by atoms with Crippen molar-refractivity contribution in [3.05, 3.63) is 69.7 Å². The molecule has 4 N–H and O–H groups in total. The minimum absolute atomic E-state index is 0.00604. The van der Waals surface area contributed by atoms with Crippen molar-refractivity contribution in [2.45, 2.75) is 37.9 Å². The first-order valence-electron chi connectivity index (χ1n) is 12.0. The number of alkyl halides is 6. The topological polar surface area (TPSA) is 108 Å². The molecule has 1 heterocycles. The maximum absolute atomic E-state index is 13.2. The van der Waals surface area contributed by atoms with Gasteiger partial charge in [-0.3, -0.25) is 9.59 Å². The van der Waals surface area contributed by atoms with Gasteiger partial charge in [-0.15, -0.1) is 0 Å². The van der Waals surface area contributed by atoms with E-state index in [0.29, 0.717) is 22.7 Å². The molecule has 0 aromatic heterocycles. The van der Waals surface area contributed by atoms with Gasteiger partial charge in [0.1, 0.15) is 6.04 Å². The molecule has 0 spiro atoms. The summed E-state index contributed by atoms with van der Waals surface area (Å²) in [6.07, 6.45) is -10.3. The number of carbonyl (C=O) groups is 3. The van der Waals surface area contributed by atoms with Crippen LogP contribution < -0.4 is 16.4 Å². The highest BCUT2D eigenvalue weighted by molar-refractivity contribution is 6.31. The van der Waals surface area contributed by atoms with Crippen molar-refractivity contribution >= 4 is 29.4 Å². The minimum atomic E-state index is -5.04. The first-order chi connectivity index (χ1) is 18.7. The quantitative estimate of drug-likeness (QED) is 0.459. The zero-order valence-electron chi connectivity index (χ0n) is 20.9. The summed E-state index contributed by atoms with van der Waals surface area (Å²) in [6, 6.07) is 5.90. The van der Waals surface area contributed by atoms with Crippen LogP contribution in [-0.2, 0) is 35.0 Å². The van der Waals surface area contributed by atoms with E-state index in [1.807, 2.05) is 0 Å². The van der Waals surface area contributed by atoms with Crippen LogP contribution in [0.1, 0.15) is 28.7 Å². The van der Waals surface area contributed by atoms with Crippen molar-refractivity contribution in [1.29, 1.82) is 0 Å². The Morgan fingerprint density at radius 2 is 1.62 bits per heavy atom. The van der Waals surface area contributed by atoms with Crippen molar-refractivity contribution in [3.8, 4) is 0 Å². The molecule has 4 amide bonds. The van der Waals surface area contributed by atoms with Crippen molar-refractivity contribution in [1.82, 2.24) is 20.4 Å². The molecule has 2 aromatic carbocycles. The second kappa shape index (κ2) is 12.8. The fourth-order valence-electron chi connectivity index (χ4n) is 4.01. The number of amides is 4. The lowest BCUT2D eigenvalue weighted by atomic mass is 10.0. The molecule has 2 aromatic rings. The smallest absolute Gasteiger partial charge is 0.343 e. The molecule has 15 heteroatoms. The Kier molecular flexibility index (Phi) is 9.90. The van der Waals surface area contributed by atoms with Crippen molar-refractivity contribution in [2.75, 3.05) is 26.2 Å². The number of carbonyl (C=O) groups excluding carboxylic acids is 3. The van der Waals surface area contributed by atoms with Crippen LogP contribution in [0.5, 0.6) is 0 Å². The zero-order valence-corrected chi connectivity index (χ0v) is 21.7. The molecule has 0 aliphatic carbocycles. The number of rotatable bonds is 5. The minimum Gasteiger partial charge on any atom is -0.343 e. The molecular weight excluding hydrogens is 568 g/mol. The number of nitrogens with two attached hydrogens (primary N) is 1. The predicted octanol–water partition coefficient (Wildman–Crippen LogP) is 3.77. The Morgan fingerprint density at radius 1 is 1.00 bits per heavy atom. The molecule has 1 atom stereocenters. The summed E-state index contributed by atoms with van der Waals surface area (Å²) in [5, 5.41) is 5.20. The largest absolute Gasteiger partial charge is 0.416 e. The van der Waals surface area contributed by atoms with Crippen LogP contribution in [0.2, 0.25) is 5.02 Å². The van der Waals surface area contributed by atoms with E-state index in [1.54, 1.807) is 24.3 Å². The van der Waals surface area contributed by atoms with Crippen molar-refractivity contribution in [2.24, 2.45) is 5.73 Å². The van der Waals surface area contributed by atoms with Crippen molar-refractivity contribution < 1.29 is 40.7 Å². The maximum Gasteiger partial charge on any atom is 0.416 e. The van der Waals surface area contributed by atoms with Gasteiger partial charge in [0, 0.05) is 50.7 Å². The van der Waals surface area contributed by atoms with E-state index in [2.05, 4.69) is 10.6 Å². The van der Waals surface area contributed by atoms with Gasteiger partial charge >= 0.3 is 18.4 Å². The van der Waals surface area contributed by atoms with Crippen molar-refractivity contribution in [3.63, 3.8) is 0 Å². The molecule has 1 fully saturated rings.